The van der Waals surface area contributed by atoms with Crippen LogP contribution in [-0.2, 0) is 0 Å². The zero-order chi connectivity index (χ0) is 19.7. The summed E-state index contributed by atoms with van der Waals surface area (Å²) < 4.78 is 1.75. The van der Waals surface area contributed by atoms with E-state index in [0.717, 1.165) is 38.6 Å². The van der Waals surface area contributed by atoms with E-state index in [-0.39, 0.29) is 5.91 Å². The predicted molar refractivity (Wildman–Crippen MR) is 115 cm³/mol. The van der Waals surface area contributed by atoms with Gasteiger partial charge in [-0.3, -0.25) is 4.79 Å². The molecule has 0 aliphatic carbocycles. The van der Waals surface area contributed by atoms with Crippen molar-refractivity contribution in [3.8, 4) is 16.3 Å². The van der Waals surface area contributed by atoms with Crippen LogP contribution in [0.4, 0.5) is 5.69 Å². The number of carbonyl (C=O) groups is 1. The topological polar surface area (TPSA) is 46.9 Å². The van der Waals surface area contributed by atoms with Gasteiger partial charge in [0.2, 0.25) is 0 Å². The number of benzene rings is 2. The van der Waals surface area contributed by atoms with Gasteiger partial charge in [-0.2, -0.15) is 5.10 Å². The summed E-state index contributed by atoms with van der Waals surface area (Å²) in [6, 6.07) is 19.8. The van der Waals surface area contributed by atoms with Gasteiger partial charge in [-0.25, -0.2) is 4.68 Å². The first kappa shape index (κ1) is 18.2. The summed E-state index contributed by atoms with van der Waals surface area (Å²) in [4.78, 5) is 14.1. The van der Waals surface area contributed by atoms with Crippen molar-refractivity contribution in [1.82, 2.24) is 9.78 Å². The van der Waals surface area contributed by atoms with E-state index >= 15 is 0 Å². The van der Waals surface area contributed by atoms with Crippen molar-refractivity contribution < 1.29 is 4.79 Å². The van der Waals surface area contributed by atoms with Gasteiger partial charge in [0, 0.05) is 5.69 Å². The maximum absolute atomic E-state index is 13.1. The third-order valence-corrected chi connectivity index (χ3v) is 5.51. The fourth-order valence-corrected chi connectivity index (χ4v) is 3.73. The van der Waals surface area contributed by atoms with Gasteiger partial charge in [0.1, 0.15) is 11.4 Å². The van der Waals surface area contributed by atoms with E-state index in [1.165, 1.54) is 0 Å². The van der Waals surface area contributed by atoms with Crippen molar-refractivity contribution in [3.05, 3.63) is 88.4 Å². The van der Waals surface area contributed by atoms with E-state index in [1.807, 2.05) is 68.6 Å². The van der Waals surface area contributed by atoms with Crippen LogP contribution in [0.3, 0.4) is 0 Å². The normalized spacial score (nSPS) is 10.8. The summed E-state index contributed by atoms with van der Waals surface area (Å²) in [7, 11) is 0. The highest BCUT2D eigenvalue weighted by Crippen LogP contribution is 2.27. The Bertz CT molecular complexity index is 1130. The summed E-state index contributed by atoms with van der Waals surface area (Å²) in [5, 5.41) is 9.77. The zero-order valence-electron chi connectivity index (χ0n) is 16.1. The number of anilines is 1. The number of hydrogen-bond acceptors (Lipinski definition) is 3. The smallest absolute Gasteiger partial charge is 0.274 e. The number of nitrogens with one attached hydrogen (secondary N) is 1. The van der Waals surface area contributed by atoms with E-state index in [2.05, 4.69) is 23.5 Å². The molecule has 2 heterocycles. The number of carbonyl (C=O) groups excluding carboxylic acids is 1. The Labute approximate surface area is 168 Å². The number of amides is 1. The van der Waals surface area contributed by atoms with E-state index in [9.17, 15) is 4.79 Å². The standard InChI is InChI=1S/C23H21N3OS/c1-15-7-10-18(11-8-15)24-23(27)21-14-19(22-5-4-12-28-22)25-26(21)20-13-16(2)6-9-17(20)3/h4-14H,1-3H3,(H,24,27). The molecule has 0 spiro atoms. The monoisotopic (exact) mass is 387 g/mol. The second-order valence-corrected chi connectivity index (χ2v) is 7.86. The predicted octanol–water partition coefficient (Wildman–Crippen LogP) is 5.78. The molecule has 0 saturated carbocycles. The molecule has 1 amide bonds. The molecule has 5 heteroatoms. The van der Waals surface area contributed by atoms with Crippen molar-refractivity contribution in [2.45, 2.75) is 20.8 Å². The maximum atomic E-state index is 13.1. The SMILES string of the molecule is Cc1ccc(NC(=O)c2cc(-c3cccs3)nn2-c2cc(C)ccc2C)cc1. The molecule has 0 radical (unpaired) electrons. The van der Waals surface area contributed by atoms with Crippen LogP contribution >= 0.6 is 11.3 Å². The minimum absolute atomic E-state index is 0.180. The Balaban J connectivity index is 1.79. The van der Waals surface area contributed by atoms with Crippen molar-refractivity contribution in [2.24, 2.45) is 0 Å². The van der Waals surface area contributed by atoms with Gasteiger partial charge < -0.3 is 5.32 Å². The highest BCUT2D eigenvalue weighted by atomic mass is 32.1. The molecule has 0 saturated heterocycles. The average Bonchev–Trinajstić information content (AvgIpc) is 3.35. The fourth-order valence-electron chi connectivity index (χ4n) is 3.05. The highest BCUT2D eigenvalue weighted by Gasteiger charge is 2.19. The van der Waals surface area contributed by atoms with Crippen LogP contribution in [-0.4, -0.2) is 15.7 Å². The van der Waals surface area contributed by atoms with Crippen LogP contribution in [0.5, 0.6) is 0 Å². The van der Waals surface area contributed by atoms with Crippen molar-refractivity contribution >= 4 is 22.9 Å². The number of aromatic nitrogens is 2. The van der Waals surface area contributed by atoms with Crippen molar-refractivity contribution in [2.75, 3.05) is 5.32 Å². The molecular formula is C23H21N3OS. The number of hydrogen-bond donors (Lipinski definition) is 1. The molecule has 0 bridgehead atoms. The molecule has 0 fully saturated rings. The summed E-state index contributed by atoms with van der Waals surface area (Å²) in [6.45, 7) is 6.09. The molecule has 4 rings (SSSR count). The molecule has 4 nitrogen and oxygen atoms in total. The summed E-state index contributed by atoms with van der Waals surface area (Å²) in [5.74, 6) is -0.180. The lowest BCUT2D eigenvalue weighted by molar-refractivity contribution is 0.101. The quantitative estimate of drug-likeness (QED) is 0.482. The van der Waals surface area contributed by atoms with E-state index in [0.29, 0.717) is 5.69 Å². The highest BCUT2D eigenvalue weighted by molar-refractivity contribution is 7.13. The van der Waals surface area contributed by atoms with Gasteiger partial charge in [-0.15, -0.1) is 11.3 Å². The fraction of sp³-hybridized carbons (Fsp3) is 0.130. The Hall–Kier alpha value is -3.18. The van der Waals surface area contributed by atoms with Crippen molar-refractivity contribution in [1.29, 1.82) is 0 Å². The Kier molecular flexibility index (Phi) is 4.84. The number of thiophene rings is 1. The van der Waals surface area contributed by atoms with E-state index < -0.39 is 0 Å². The summed E-state index contributed by atoms with van der Waals surface area (Å²) >= 11 is 1.61. The van der Waals surface area contributed by atoms with Crippen LogP contribution in [0.2, 0.25) is 0 Å². The Morgan fingerprint density at radius 2 is 1.71 bits per heavy atom. The third-order valence-electron chi connectivity index (χ3n) is 4.62. The summed E-state index contributed by atoms with van der Waals surface area (Å²) in [5.41, 5.74) is 6.33. The first-order valence-corrected chi connectivity index (χ1v) is 9.99. The number of aryl methyl sites for hydroxylation is 3. The first-order chi connectivity index (χ1) is 13.5. The summed E-state index contributed by atoms with van der Waals surface area (Å²) in [6.07, 6.45) is 0. The van der Waals surface area contributed by atoms with Gasteiger partial charge in [0.05, 0.1) is 10.6 Å². The van der Waals surface area contributed by atoms with Gasteiger partial charge in [-0.1, -0.05) is 35.9 Å². The second kappa shape index (κ2) is 7.44. The largest absolute Gasteiger partial charge is 0.321 e. The first-order valence-electron chi connectivity index (χ1n) is 9.11. The van der Waals surface area contributed by atoms with Gasteiger partial charge in [-0.05, 0) is 67.6 Å². The lowest BCUT2D eigenvalue weighted by atomic mass is 10.1. The molecule has 2 aromatic carbocycles. The van der Waals surface area contributed by atoms with Gasteiger partial charge in [0.25, 0.3) is 5.91 Å². The Morgan fingerprint density at radius 3 is 2.43 bits per heavy atom. The molecular weight excluding hydrogens is 366 g/mol. The molecule has 1 N–H and O–H groups in total. The molecule has 140 valence electrons. The molecule has 28 heavy (non-hydrogen) atoms. The molecule has 0 aliphatic rings. The number of nitrogens with zero attached hydrogens (tertiary/aromatic N) is 2. The zero-order valence-corrected chi connectivity index (χ0v) is 16.9. The van der Waals surface area contributed by atoms with Crippen LogP contribution in [0.15, 0.2) is 66.0 Å². The van der Waals surface area contributed by atoms with Gasteiger partial charge in [0.15, 0.2) is 0 Å². The maximum Gasteiger partial charge on any atom is 0.274 e. The van der Waals surface area contributed by atoms with Crippen molar-refractivity contribution in [3.63, 3.8) is 0 Å². The van der Waals surface area contributed by atoms with Gasteiger partial charge >= 0.3 is 0 Å². The van der Waals surface area contributed by atoms with Crippen LogP contribution < -0.4 is 5.32 Å². The molecule has 4 aromatic rings. The van der Waals surface area contributed by atoms with E-state index in [4.69, 9.17) is 5.10 Å². The minimum Gasteiger partial charge on any atom is -0.321 e. The van der Waals surface area contributed by atoms with Crippen LogP contribution in [0.25, 0.3) is 16.3 Å². The number of rotatable bonds is 4. The molecule has 2 aromatic heterocycles. The van der Waals surface area contributed by atoms with Crippen LogP contribution in [0.1, 0.15) is 27.2 Å². The Morgan fingerprint density at radius 1 is 0.964 bits per heavy atom. The minimum atomic E-state index is -0.180. The molecule has 0 atom stereocenters. The lowest BCUT2D eigenvalue weighted by Crippen LogP contribution is -2.17. The van der Waals surface area contributed by atoms with Crippen LogP contribution in [0, 0.1) is 20.8 Å². The van der Waals surface area contributed by atoms with E-state index in [1.54, 1.807) is 16.0 Å². The lowest BCUT2D eigenvalue weighted by Gasteiger charge is -2.11. The average molecular weight is 388 g/mol. The molecule has 0 unspecified atom stereocenters. The third kappa shape index (κ3) is 3.62. The molecule has 0 aliphatic heterocycles. The second-order valence-electron chi connectivity index (χ2n) is 6.91.